The zero-order valence-electron chi connectivity index (χ0n) is 8.03. The number of nitrogens with zero attached hydrogens (tertiary/aromatic N) is 1. The lowest BCUT2D eigenvalue weighted by Gasteiger charge is -2.36. The normalized spacial score (nSPS) is 34.6. The zero-order valence-corrected chi connectivity index (χ0v) is 8.03. The third-order valence-corrected chi connectivity index (χ3v) is 2.87. The van der Waals surface area contributed by atoms with E-state index < -0.39 is 0 Å². The van der Waals surface area contributed by atoms with Crippen molar-refractivity contribution in [1.29, 1.82) is 0 Å². The molecule has 1 fully saturated rings. The van der Waals surface area contributed by atoms with Gasteiger partial charge in [-0.15, -0.1) is 6.58 Å². The molecule has 0 aromatic carbocycles. The summed E-state index contributed by atoms with van der Waals surface area (Å²) in [4.78, 5) is 2.28. The van der Waals surface area contributed by atoms with Gasteiger partial charge in [-0.2, -0.15) is 0 Å². The Bertz CT molecular complexity index is 158. The maximum absolute atomic E-state index is 9.62. The summed E-state index contributed by atoms with van der Waals surface area (Å²) in [7, 11) is 0. The first-order valence-corrected chi connectivity index (χ1v) is 4.69. The van der Waals surface area contributed by atoms with Crippen molar-refractivity contribution in [3.63, 3.8) is 0 Å². The van der Waals surface area contributed by atoms with Crippen LogP contribution >= 0.6 is 0 Å². The van der Waals surface area contributed by atoms with Crippen LogP contribution in [0.25, 0.3) is 0 Å². The van der Waals surface area contributed by atoms with Gasteiger partial charge in [-0.05, 0) is 25.8 Å². The summed E-state index contributed by atoms with van der Waals surface area (Å²) in [6.45, 7) is 9.88. The summed E-state index contributed by atoms with van der Waals surface area (Å²) in [6.07, 6.45) is 2.88. The van der Waals surface area contributed by atoms with Crippen LogP contribution in [0.15, 0.2) is 12.7 Å². The Labute approximate surface area is 74.9 Å². The molecule has 0 radical (unpaired) electrons. The van der Waals surface area contributed by atoms with Gasteiger partial charge in [0.15, 0.2) is 0 Å². The number of hydrogen-bond donors (Lipinski definition) is 1. The van der Waals surface area contributed by atoms with E-state index in [4.69, 9.17) is 0 Å². The number of piperidine rings is 1. The average Bonchev–Trinajstić information content (AvgIpc) is 2.08. The molecular formula is C10H19NO. The molecule has 1 saturated heterocycles. The van der Waals surface area contributed by atoms with Gasteiger partial charge in [0, 0.05) is 12.6 Å². The van der Waals surface area contributed by atoms with Crippen molar-refractivity contribution in [1.82, 2.24) is 4.90 Å². The Morgan fingerprint density at radius 3 is 2.83 bits per heavy atom. The van der Waals surface area contributed by atoms with Crippen LogP contribution in [0.3, 0.4) is 0 Å². The van der Waals surface area contributed by atoms with E-state index in [1.54, 1.807) is 0 Å². The molecule has 0 aliphatic carbocycles. The predicted molar refractivity (Wildman–Crippen MR) is 51.0 cm³/mol. The Balaban J connectivity index is 2.44. The summed E-state index contributed by atoms with van der Waals surface area (Å²) in [6, 6.07) is 0.396. The van der Waals surface area contributed by atoms with Crippen LogP contribution in [0.2, 0.25) is 0 Å². The maximum atomic E-state index is 9.62. The third-order valence-electron chi connectivity index (χ3n) is 2.87. The molecule has 0 bridgehead atoms. The topological polar surface area (TPSA) is 23.5 Å². The van der Waals surface area contributed by atoms with Crippen LogP contribution in [0.5, 0.6) is 0 Å². The Hall–Kier alpha value is -0.340. The van der Waals surface area contributed by atoms with E-state index in [1.807, 2.05) is 6.08 Å². The van der Waals surface area contributed by atoms with E-state index in [2.05, 4.69) is 25.3 Å². The Kier molecular flexibility index (Phi) is 3.29. The highest BCUT2D eigenvalue weighted by atomic mass is 16.3. The SMILES string of the molecule is C=CC(C)N1CCC(C)C(O)C1. The lowest BCUT2D eigenvalue weighted by molar-refractivity contribution is 0.0210. The zero-order chi connectivity index (χ0) is 9.14. The number of aliphatic hydroxyl groups is 1. The average molecular weight is 169 g/mol. The van der Waals surface area contributed by atoms with Crippen molar-refractivity contribution in [3.8, 4) is 0 Å². The van der Waals surface area contributed by atoms with E-state index >= 15 is 0 Å². The highest BCUT2D eigenvalue weighted by molar-refractivity contribution is 4.88. The molecule has 3 atom stereocenters. The monoisotopic (exact) mass is 169 g/mol. The van der Waals surface area contributed by atoms with Crippen LogP contribution in [0, 0.1) is 5.92 Å². The van der Waals surface area contributed by atoms with Gasteiger partial charge in [-0.3, -0.25) is 4.90 Å². The molecule has 2 nitrogen and oxygen atoms in total. The second-order valence-electron chi connectivity index (χ2n) is 3.80. The Morgan fingerprint density at radius 1 is 1.67 bits per heavy atom. The fraction of sp³-hybridized carbons (Fsp3) is 0.800. The molecule has 1 aliphatic heterocycles. The molecular weight excluding hydrogens is 150 g/mol. The third kappa shape index (κ3) is 2.08. The molecule has 1 rings (SSSR count). The minimum atomic E-state index is -0.152. The van der Waals surface area contributed by atoms with Crippen molar-refractivity contribution in [2.24, 2.45) is 5.92 Å². The van der Waals surface area contributed by atoms with Gasteiger partial charge < -0.3 is 5.11 Å². The van der Waals surface area contributed by atoms with Crippen LogP contribution in [-0.2, 0) is 0 Å². The minimum absolute atomic E-state index is 0.152. The molecule has 2 heteroatoms. The molecule has 0 aromatic heterocycles. The summed E-state index contributed by atoms with van der Waals surface area (Å²) < 4.78 is 0. The molecule has 3 unspecified atom stereocenters. The van der Waals surface area contributed by atoms with Crippen LogP contribution < -0.4 is 0 Å². The van der Waals surface area contributed by atoms with Gasteiger partial charge in [-0.1, -0.05) is 13.0 Å². The smallest absolute Gasteiger partial charge is 0.0693 e. The van der Waals surface area contributed by atoms with Gasteiger partial charge in [0.25, 0.3) is 0 Å². The summed E-state index contributed by atoms with van der Waals surface area (Å²) in [5.41, 5.74) is 0. The van der Waals surface area contributed by atoms with Crippen molar-refractivity contribution < 1.29 is 5.11 Å². The number of rotatable bonds is 2. The number of hydrogen-bond acceptors (Lipinski definition) is 2. The number of aliphatic hydroxyl groups excluding tert-OH is 1. The largest absolute Gasteiger partial charge is 0.392 e. The van der Waals surface area contributed by atoms with Gasteiger partial charge >= 0.3 is 0 Å². The molecule has 1 aliphatic rings. The lowest BCUT2D eigenvalue weighted by Crippen LogP contribution is -2.46. The molecule has 0 amide bonds. The molecule has 1 heterocycles. The van der Waals surface area contributed by atoms with Crippen molar-refractivity contribution >= 4 is 0 Å². The summed E-state index contributed by atoms with van der Waals surface area (Å²) >= 11 is 0. The molecule has 0 spiro atoms. The quantitative estimate of drug-likeness (QED) is 0.629. The first kappa shape index (κ1) is 9.75. The van der Waals surface area contributed by atoms with E-state index in [0.29, 0.717) is 12.0 Å². The first-order chi connectivity index (χ1) is 5.65. The van der Waals surface area contributed by atoms with Crippen LogP contribution in [0.1, 0.15) is 20.3 Å². The van der Waals surface area contributed by atoms with E-state index in [1.165, 1.54) is 0 Å². The predicted octanol–water partition coefficient (Wildman–Crippen LogP) is 1.26. The van der Waals surface area contributed by atoms with Crippen molar-refractivity contribution in [2.75, 3.05) is 13.1 Å². The molecule has 1 N–H and O–H groups in total. The van der Waals surface area contributed by atoms with Crippen molar-refractivity contribution in [2.45, 2.75) is 32.4 Å². The second kappa shape index (κ2) is 4.06. The van der Waals surface area contributed by atoms with Gasteiger partial charge in [0.05, 0.1) is 6.10 Å². The lowest BCUT2D eigenvalue weighted by atomic mass is 9.95. The standard InChI is InChI=1S/C10H19NO/c1-4-9(3)11-6-5-8(2)10(12)7-11/h4,8-10,12H,1,5-7H2,2-3H3. The second-order valence-corrected chi connectivity index (χ2v) is 3.80. The van der Waals surface area contributed by atoms with Crippen LogP contribution in [-0.4, -0.2) is 35.2 Å². The van der Waals surface area contributed by atoms with Gasteiger partial charge in [0.1, 0.15) is 0 Å². The fourth-order valence-electron chi connectivity index (χ4n) is 1.59. The molecule has 12 heavy (non-hydrogen) atoms. The summed E-state index contributed by atoms with van der Waals surface area (Å²) in [5, 5.41) is 9.62. The highest BCUT2D eigenvalue weighted by Crippen LogP contribution is 2.18. The summed E-state index contributed by atoms with van der Waals surface area (Å²) in [5.74, 6) is 0.457. The minimum Gasteiger partial charge on any atom is -0.392 e. The molecule has 0 saturated carbocycles. The maximum Gasteiger partial charge on any atom is 0.0693 e. The first-order valence-electron chi connectivity index (χ1n) is 4.69. The highest BCUT2D eigenvalue weighted by Gasteiger charge is 2.25. The number of β-amino-alcohol motifs (C(OH)–C–C–N with tert-alkyl or cyclic N) is 1. The fourth-order valence-corrected chi connectivity index (χ4v) is 1.59. The van der Waals surface area contributed by atoms with E-state index in [9.17, 15) is 5.11 Å². The Morgan fingerprint density at radius 2 is 2.33 bits per heavy atom. The van der Waals surface area contributed by atoms with E-state index in [0.717, 1.165) is 19.5 Å². The molecule has 70 valence electrons. The molecule has 0 aromatic rings. The number of likely N-dealkylation sites (tertiary alicyclic amines) is 1. The van der Waals surface area contributed by atoms with Gasteiger partial charge in [-0.25, -0.2) is 0 Å². The van der Waals surface area contributed by atoms with E-state index in [-0.39, 0.29) is 6.10 Å². The van der Waals surface area contributed by atoms with Gasteiger partial charge in [0.2, 0.25) is 0 Å². The van der Waals surface area contributed by atoms with Crippen LogP contribution in [0.4, 0.5) is 0 Å². The van der Waals surface area contributed by atoms with Crippen molar-refractivity contribution in [3.05, 3.63) is 12.7 Å².